The number of aliphatic hydroxyl groups excluding tert-OH is 2. The van der Waals surface area contributed by atoms with Gasteiger partial charge in [0.15, 0.2) is 11.5 Å². The lowest BCUT2D eigenvalue weighted by Crippen LogP contribution is -2.41. The fourth-order valence-corrected chi connectivity index (χ4v) is 3.74. The lowest BCUT2D eigenvalue weighted by molar-refractivity contribution is 0.0333. The van der Waals surface area contributed by atoms with Crippen LogP contribution in [0.3, 0.4) is 0 Å². The molecule has 6 heteroatoms. The van der Waals surface area contributed by atoms with Crippen LogP contribution in [0.1, 0.15) is 38.2 Å². The van der Waals surface area contributed by atoms with Gasteiger partial charge in [-0.25, -0.2) is 0 Å². The number of likely N-dealkylation sites (tertiary alicyclic amines) is 1. The van der Waals surface area contributed by atoms with Gasteiger partial charge in [0.05, 0.1) is 13.2 Å². The number of rotatable bonds is 10. The Balaban J connectivity index is 1.50. The quantitative estimate of drug-likeness (QED) is 0.648. The molecule has 152 valence electrons. The summed E-state index contributed by atoms with van der Waals surface area (Å²) in [5.41, 5.74) is 1.22. The third kappa shape index (κ3) is 6.07. The number of methoxy groups -OCH3 is 1. The molecule has 27 heavy (non-hydrogen) atoms. The first-order valence-corrected chi connectivity index (χ1v) is 10.2. The molecule has 1 aliphatic carbocycles. The Morgan fingerprint density at radius 3 is 2.56 bits per heavy atom. The van der Waals surface area contributed by atoms with Crippen molar-refractivity contribution < 1.29 is 19.7 Å². The van der Waals surface area contributed by atoms with Crippen LogP contribution in [0, 0.1) is 0 Å². The molecule has 2 N–H and O–H groups in total. The Morgan fingerprint density at radius 2 is 1.93 bits per heavy atom. The third-order valence-electron chi connectivity index (χ3n) is 5.54. The van der Waals surface area contributed by atoms with E-state index in [-0.39, 0.29) is 12.7 Å². The first-order valence-electron chi connectivity index (χ1n) is 10.2. The van der Waals surface area contributed by atoms with Gasteiger partial charge in [-0.15, -0.1) is 0 Å². The molecule has 1 saturated heterocycles. The fraction of sp³-hybridized carbons (Fsp3) is 0.714. The number of hydrogen-bond donors (Lipinski definition) is 2. The first kappa shape index (κ1) is 20.4. The van der Waals surface area contributed by atoms with Crippen LogP contribution in [-0.4, -0.2) is 78.2 Å². The highest BCUT2D eigenvalue weighted by Crippen LogP contribution is 2.31. The molecule has 0 unspecified atom stereocenters. The molecule has 0 bridgehead atoms. The predicted molar refractivity (Wildman–Crippen MR) is 105 cm³/mol. The molecule has 6 nitrogen and oxygen atoms in total. The number of benzene rings is 1. The van der Waals surface area contributed by atoms with Crippen LogP contribution >= 0.6 is 0 Å². The van der Waals surface area contributed by atoms with E-state index in [0.717, 1.165) is 45.1 Å². The number of aliphatic hydroxyl groups is 2. The summed E-state index contributed by atoms with van der Waals surface area (Å²) in [4.78, 5) is 4.67. The Hall–Kier alpha value is -1.34. The highest BCUT2D eigenvalue weighted by atomic mass is 16.5. The van der Waals surface area contributed by atoms with Crippen LogP contribution in [0.5, 0.6) is 11.5 Å². The summed E-state index contributed by atoms with van der Waals surface area (Å²) in [6.45, 7) is 6.65. The smallest absolute Gasteiger partial charge is 0.161 e. The van der Waals surface area contributed by atoms with Gasteiger partial charge >= 0.3 is 0 Å². The maximum absolute atomic E-state index is 10.3. The van der Waals surface area contributed by atoms with Crippen molar-refractivity contribution in [3.8, 4) is 11.5 Å². The molecule has 1 heterocycles. The highest BCUT2D eigenvalue weighted by Gasteiger charge is 2.27. The molecular weight excluding hydrogens is 344 g/mol. The maximum atomic E-state index is 10.3. The standard InChI is InChI=1S/C21H34N2O4/c1-3-23(17-5-6-17)13-16-4-7-20(21(12-16)26-2)27-15-19(25)14-22-10-8-18(24)9-11-22/h4,7,12,17-19,24-25H,3,5-6,8-11,13-15H2,1-2H3/t19-/m1/s1. The van der Waals surface area contributed by atoms with Crippen LogP contribution in [0.2, 0.25) is 0 Å². The Kier molecular flexibility index (Phi) is 7.35. The summed E-state index contributed by atoms with van der Waals surface area (Å²) in [6.07, 6.45) is 3.41. The van der Waals surface area contributed by atoms with E-state index < -0.39 is 6.10 Å². The van der Waals surface area contributed by atoms with Gasteiger partial charge < -0.3 is 24.6 Å². The van der Waals surface area contributed by atoms with Crippen molar-refractivity contribution in [2.45, 2.75) is 57.4 Å². The predicted octanol–water partition coefficient (Wildman–Crippen LogP) is 1.88. The monoisotopic (exact) mass is 378 g/mol. The largest absolute Gasteiger partial charge is 0.493 e. The second kappa shape index (κ2) is 9.73. The molecule has 1 aromatic rings. The molecule has 0 amide bonds. The zero-order valence-electron chi connectivity index (χ0n) is 16.6. The zero-order chi connectivity index (χ0) is 19.2. The molecule has 0 radical (unpaired) electrons. The molecule has 3 rings (SSSR count). The summed E-state index contributed by atoms with van der Waals surface area (Å²) < 4.78 is 11.3. The number of hydrogen-bond acceptors (Lipinski definition) is 6. The van der Waals surface area contributed by atoms with Gasteiger partial charge in [0, 0.05) is 32.2 Å². The van der Waals surface area contributed by atoms with Gasteiger partial charge in [-0.3, -0.25) is 4.90 Å². The minimum atomic E-state index is -0.560. The average Bonchev–Trinajstić information content (AvgIpc) is 3.51. The van der Waals surface area contributed by atoms with Gasteiger partial charge in [0.25, 0.3) is 0 Å². The second-order valence-electron chi connectivity index (χ2n) is 7.78. The van der Waals surface area contributed by atoms with Crippen molar-refractivity contribution in [2.75, 3.05) is 39.9 Å². The van der Waals surface area contributed by atoms with E-state index in [9.17, 15) is 10.2 Å². The Bertz CT molecular complexity index is 586. The highest BCUT2D eigenvalue weighted by molar-refractivity contribution is 5.43. The molecule has 2 fully saturated rings. The van der Waals surface area contributed by atoms with Crippen LogP contribution < -0.4 is 9.47 Å². The maximum Gasteiger partial charge on any atom is 0.161 e. The van der Waals surface area contributed by atoms with E-state index in [0.29, 0.717) is 18.0 Å². The summed E-state index contributed by atoms with van der Waals surface area (Å²) in [7, 11) is 1.65. The van der Waals surface area contributed by atoms with E-state index in [1.807, 2.05) is 12.1 Å². The van der Waals surface area contributed by atoms with Gasteiger partial charge in [-0.05, 0) is 49.9 Å². The summed E-state index contributed by atoms with van der Waals surface area (Å²) in [5.74, 6) is 1.39. The number of ether oxygens (including phenoxy) is 2. The van der Waals surface area contributed by atoms with E-state index >= 15 is 0 Å². The molecular formula is C21H34N2O4. The van der Waals surface area contributed by atoms with Crippen molar-refractivity contribution in [1.82, 2.24) is 9.80 Å². The molecule has 1 atom stereocenters. The second-order valence-corrected chi connectivity index (χ2v) is 7.78. The summed E-state index contributed by atoms with van der Waals surface area (Å²) in [5, 5.41) is 19.9. The lowest BCUT2D eigenvalue weighted by atomic mass is 10.1. The van der Waals surface area contributed by atoms with Crippen LogP contribution in [0.25, 0.3) is 0 Å². The first-order chi connectivity index (χ1) is 13.1. The average molecular weight is 379 g/mol. The number of nitrogens with zero attached hydrogens (tertiary/aromatic N) is 2. The number of piperidine rings is 1. The van der Waals surface area contributed by atoms with Crippen molar-refractivity contribution in [1.29, 1.82) is 0 Å². The minimum absolute atomic E-state index is 0.194. The normalized spacial score (nSPS) is 20.0. The van der Waals surface area contributed by atoms with Crippen LogP contribution in [0.4, 0.5) is 0 Å². The van der Waals surface area contributed by atoms with Gasteiger partial charge in [-0.2, -0.15) is 0 Å². The van der Waals surface area contributed by atoms with Crippen molar-refractivity contribution in [3.05, 3.63) is 23.8 Å². The van der Waals surface area contributed by atoms with E-state index in [2.05, 4.69) is 22.8 Å². The third-order valence-corrected chi connectivity index (χ3v) is 5.54. The Labute approximate surface area is 162 Å². The van der Waals surface area contributed by atoms with E-state index in [1.165, 1.54) is 18.4 Å². The van der Waals surface area contributed by atoms with Crippen molar-refractivity contribution in [2.24, 2.45) is 0 Å². The Morgan fingerprint density at radius 1 is 1.19 bits per heavy atom. The van der Waals surface area contributed by atoms with Gasteiger partial charge in [0.1, 0.15) is 12.7 Å². The van der Waals surface area contributed by atoms with Gasteiger partial charge in [-0.1, -0.05) is 13.0 Å². The van der Waals surface area contributed by atoms with Gasteiger partial charge in [0.2, 0.25) is 0 Å². The van der Waals surface area contributed by atoms with Crippen molar-refractivity contribution >= 4 is 0 Å². The molecule has 0 spiro atoms. The van der Waals surface area contributed by atoms with E-state index in [4.69, 9.17) is 9.47 Å². The SMILES string of the molecule is CCN(Cc1ccc(OC[C@H](O)CN2CCC(O)CC2)c(OC)c1)C1CC1. The molecule has 1 saturated carbocycles. The zero-order valence-corrected chi connectivity index (χ0v) is 16.6. The van der Waals surface area contributed by atoms with Crippen LogP contribution in [0.15, 0.2) is 18.2 Å². The van der Waals surface area contributed by atoms with Crippen LogP contribution in [-0.2, 0) is 6.54 Å². The fourth-order valence-electron chi connectivity index (χ4n) is 3.74. The molecule has 1 aliphatic heterocycles. The number of β-amino-alcohol motifs (C(OH)–C–C–N with tert-alkyl or cyclic N) is 1. The minimum Gasteiger partial charge on any atom is -0.493 e. The van der Waals surface area contributed by atoms with E-state index in [1.54, 1.807) is 7.11 Å². The molecule has 0 aromatic heterocycles. The topological polar surface area (TPSA) is 65.4 Å². The molecule has 2 aliphatic rings. The van der Waals surface area contributed by atoms with Crippen molar-refractivity contribution in [3.63, 3.8) is 0 Å². The molecule has 1 aromatic carbocycles. The lowest BCUT2D eigenvalue weighted by Gasteiger charge is -2.30. The summed E-state index contributed by atoms with van der Waals surface area (Å²) in [6, 6.07) is 6.81. The summed E-state index contributed by atoms with van der Waals surface area (Å²) >= 11 is 0.